The van der Waals surface area contributed by atoms with Crippen LogP contribution in [0.2, 0.25) is 0 Å². The molecular formula is C16H16N2O2. The van der Waals surface area contributed by atoms with E-state index in [1.807, 2.05) is 31.2 Å². The highest BCUT2D eigenvalue weighted by atomic mass is 16.5. The molecule has 0 aromatic heterocycles. The van der Waals surface area contributed by atoms with Crippen LogP contribution in [0.15, 0.2) is 36.4 Å². The second-order valence-electron chi connectivity index (χ2n) is 4.95. The van der Waals surface area contributed by atoms with Crippen molar-refractivity contribution in [3.63, 3.8) is 0 Å². The number of nitrogens with one attached hydrogen (secondary N) is 1. The highest BCUT2D eigenvalue weighted by Crippen LogP contribution is 2.26. The summed E-state index contributed by atoms with van der Waals surface area (Å²) in [6, 6.07) is 11.0. The van der Waals surface area contributed by atoms with Crippen molar-refractivity contribution < 1.29 is 9.53 Å². The van der Waals surface area contributed by atoms with Gasteiger partial charge in [0.15, 0.2) is 0 Å². The van der Waals surface area contributed by atoms with Gasteiger partial charge in [-0.25, -0.2) is 0 Å². The van der Waals surface area contributed by atoms with E-state index in [4.69, 9.17) is 10.5 Å². The molecule has 0 saturated carbocycles. The molecule has 1 amide bonds. The van der Waals surface area contributed by atoms with Crippen molar-refractivity contribution in [3.05, 3.63) is 53.1 Å². The Kier molecular flexibility index (Phi) is 3.06. The Balaban J connectivity index is 1.82. The number of nitrogen functional groups attached to an aromatic ring is 1. The van der Waals surface area contributed by atoms with Gasteiger partial charge < -0.3 is 15.8 Å². The molecule has 0 saturated heterocycles. The second kappa shape index (κ2) is 4.89. The van der Waals surface area contributed by atoms with Crippen LogP contribution in [0, 0.1) is 6.92 Å². The number of anilines is 2. The largest absolute Gasteiger partial charge is 0.493 e. The fraction of sp³-hybridized carbons (Fsp3) is 0.188. The summed E-state index contributed by atoms with van der Waals surface area (Å²) in [6.07, 6.45) is 0.858. The minimum Gasteiger partial charge on any atom is -0.493 e. The Morgan fingerprint density at radius 3 is 2.90 bits per heavy atom. The third kappa shape index (κ3) is 2.32. The SMILES string of the molecule is Cc1cc(N)ccc1NC(=O)c1ccc2c(c1)CCO2. The molecule has 4 heteroatoms. The van der Waals surface area contributed by atoms with Gasteiger partial charge in [-0.05, 0) is 54.4 Å². The van der Waals surface area contributed by atoms with E-state index in [-0.39, 0.29) is 5.91 Å². The maximum Gasteiger partial charge on any atom is 0.255 e. The van der Waals surface area contributed by atoms with Gasteiger partial charge >= 0.3 is 0 Å². The predicted octanol–water partition coefficient (Wildman–Crippen LogP) is 2.76. The van der Waals surface area contributed by atoms with Gasteiger partial charge in [0.2, 0.25) is 0 Å². The molecule has 0 bridgehead atoms. The van der Waals surface area contributed by atoms with E-state index in [9.17, 15) is 4.79 Å². The molecule has 4 nitrogen and oxygen atoms in total. The lowest BCUT2D eigenvalue weighted by Crippen LogP contribution is -2.13. The van der Waals surface area contributed by atoms with Crippen LogP contribution < -0.4 is 15.8 Å². The van der Waals surface area contributed by atoms with E-state index >= 15 is 0 Å². The molecule has 3 N–H and O–H groups in total. The molecule has 102 valence electrons. The summed E-state index contributed by atoms with van der Waals surface area (Å²) in [6.45, 7) is 2.61. The highest BCUT2D eigenvalue weighted by molar-refractivity contribution is 6.05. The first-order valence-electron chi connectivity index (χ1n) is 6.57. The molecule has 0 aliphatic carbocycles. The Hall–Kier alpha value is -2.49. The van der Waals surface area contributed by atoms with Crippen LogP contribution in [-0.2, 0) is 6.42 Å². The smallest absolute Gasteiger partial charge is 0.255 e. The molecule has 0 spiro atoms. The standard InChI is InChI=1S/C16H16N2O2/c1-10-8-13(17)3-4-14(10)18-16(19)12-2-5-15-11(9-12)6-7-20-15/h2-5,8-9H,6-7,17H2,1H3,(H,18,19). The van der Waals surface area contributed by atoms with Crippen molar-refractivity contribution in [2.24, 2.45) is 0 Å². The average Bonchev–Trinajstić information content (AvgIpc) is 2.89. The number of nitrogens with two attached hydrogens (primary N) is 1. The third-order valence-electron chi connectivity index (χ3n) is 3.45. The highest BCUT2D eigenvalue weighted by Gasteiger charge is 2.15. The normalized spacial score (nSPS) is 12.7. The molecule has 2 aromatic carbocycles. The van der Waals surface area contributed by atoms with Crippen LogP contribution >= 0.6 is 0 Å². The first-order valence-corrected chi connectivity index (χ1v) is 6.57. The van der Waals surface area contributed by atoms with E-state index < -0.39 is 0 Å². The number of benzene rings is 2. The van der Waals surface area contributed by atoms with Gasteiger partial charge in [-0.1, -0.05) is 0 Å². The summed E-state index contributed by atoms with van der Waals surface area (Å²) in [5.41, 5.74) is 9.85. The fourth-order valence-corrected chi connectivity index (χ4v) is 2.35. The zero-order valence-electron chi connectivity index (χ0n) is 11.3. The van der Waals surface area contributed by atoms with Crippen LogP contribution in [0.1, 0.15) is 21.5 Å². The number of ether oxygens (including phenoxy) is 1. The Bertz CT molecular complexity index is 680. The van der Waals surface area contributed by atoms with Gasteiger partial charge in [-0.15, -0.1) is 0 Å². The molecule has 0 fully saturated rings. The molecule has 0 radical (unpaired) electrons. The molecule has 1 aliphatic rings. The number of amides is 1. The summed E-state index contributed by atoms with van der Waals surface area (Å²) in [7, 11) is 0. The van der Waals surface area contributed by atoms with Crippen LogP contribution in [0.25, 0.3) is 0 Å². The molecule has 3 rings (SSSR count). The average molecular weight is 268 g/mol. The number of fused-ring (bicyclic) bond motifs is 1. The molecular weight excluding hydrogens is 252 g/mol. The molecule has 0 unspecified atom stereocenters. The summed E-state index contributed by atoms with van der Waals surface area (Å²) >= 11 is 0. The molecule has 20 heavy (non-hydrogen) atoms. The van der Waals surface area contributed by atoms with Crippen molar-refractivity contribution in [1.29, 1.82) is 0 Å². The van der Waals surface area contributed by atoms with Gasteiger partial charge in [0.25, 0.3) is 5.91 Å². The summed E-state index contributed by atoms with van der Waals surface area (Å²) < 4.78 is 5.44. The molecule has 2 aromatic rings. The maximum atomic E-state index is 12.3. The number of hydrogen-bond donors (Lipinski definition) is 2. The number of carbonyl (C=O) groups excluding carboxylic acids is 1. The number of aryl methyl sites for hydroxylation is 1. The third-order valence-corrected chi connectivity index (χ3v) is 3.45. The summed E-state index contributed by atoms with van der Waals surface area (Å²) in [5, 5.41) is 2.91. The number of rotatable bonds is 2. The Morgan fingerprint density at radius 2 is 2.10 bits per heavy atom. The second-order valence-corrected chi connectivity index (χ2v) is 4.95. The monoisotopic (exact) mass is 268 g/mol. The van der Waals surface area contributed by atoms with E-state index in [0.29, 0.717) is 17.9 Å². The first kappa shape index (κ1) is 12.5. The van der Waals surface area contributed by atoms with E-state index in [1.165, 1.54) is 0 Å². The zero-order chi connectivity index (χ0) is 14.1. The Morgan fingerprint density at radius 1 is 1.25 bits per heavy atom. The van der Waals surface area contributed by atoms with E-state index in [1.54, 1.807) is 12.1 Å². The van der Waals surface area contributed by atoms with Gasteiger partial charge in [0.05, 0.1) is 6.61 Å². The van der Waals surface area contributed by atoms with Crippen molar-refractivity contribution >= 4 is 17.3 Å². The van der Waals surface area contributed by atoms with Crippen LogP contribution in [0.4, 0.5) is 11.4 Å². The zero-order valence-corrected chi connectivity index (χ0v) is 11.3. The van der Waals surface area contributed by atoms with Crippen LogP contribution in [0.3, 0.4) is 0 Å². The minimum absolute atomic E-state index is 0.118. The van der Waals surface area contributed by atoms with Gasteiger partial charge in [-0.3, -0.25) is 4.79 Å². The number of carbonyl (C=O) groups is 1. The predicted molar refractivity (Wildman–Crippen MR) is 79.2 cm³/mol. The minimum atomic E-state index is -0.118. The lowest BCUT2D eigenvalue weighted by Gasteiger charge is -2.09. The van der Waals surface area contributed by atoms with Gasteiger partial charge in [0, 0.05) is 23.4 Å². The topological polar surface area (TPSA) is 64.3 Å². The summed E-state index contributed by atoms with van der Waals surface area (Å²) in [5.74, 6) is 0.762. The Labute approximate surface area is 117 Å². The van der Waals surface area contributed by atoms with Crippen molar-refractivity contribution in [2.75, 3.05) is 17.7 Å². The molecule has 0 atom stereocenters. The maximum absolute atomic E-state index is 12.3. The van der Waals surface area contributed by atoms with Gasteiger partial charge in [-0.2, -0.15) is 0 Å². The van der Waals surface area contributed by atoms with E-state index in [2.05, 4.69) is 5.32 Å². The summed E-state index contributed by atoms with van der Waals surface area (Å²) in [4.78, 5) is 12.3. The fourth-order valence-electron chi connectivity index (χ4n) is 2.35. The van der Waals surface area contributed by atoms with E-state index in [0.717, 1.165) is 29.0 Å². The lowest BCUT2D eigenvalue weighted by molar-refractivity contribution is 0.102. The molecule has 1 aliphatic heterocycles. The van der Waals surface area contributed by atoms with Crippen molar-refractivity contribution in [3.8, 4) is 5.75 Å². The van der Waals surface area contributed by atoms with Crippen LogP contribution in [-0.4, -0.2) is 12.5 Å². The van der Waals surface area contributed by atoms with Crippen LogP contribution in [0.5, 0.6) is 5.75 Å². The molecule has 1 heterocycles. The van der Waals surface area contributed by atoms with Crippen molar-refractivity contribution in [2.45, 2.75) is 13.3 Å². The number of hydrogen-bond acceptors (Lipinski definition) is 3. The quantitative estimate of drug-likeness (QED) is 0.823. The lowest BCUT2D eigenvalue weighted by atomic mass is 10.1. The first-order chi connectivity index (χ1) is 9.63. The van der Waals surface area contributed by atoms with Gasteiger partial charge in [0.1, 0.15) is 5.75 Å². The van der Waals surface area contributed by atoms with Crippen molar-refractivity contribution in [1.82, 2.24) is 0 Å².